The van der Waals surface area contributed by atoms with E-state index in [1.807, 2.05) is 27.7 Å². The van der Waals surface area contributed by atoms with Crippen molar-refractivity contribution in [3.63, 3.8) is 0 Å². The lowest BCUT2D eigenvalue weighted by Gasteiger charge is -2.21. The molecule has 3 heteroatoms. The van der Waals surface area contributed by atoms with Gasteiger partial charge in [-0.25, -0.2) is 4.98 Å². The molecule has 0 amide bonds. The fraction of sp³-hybridized carbons (Fsp3) is 0.455. The van der Waals surface area contributed by atoms with Crippen LogP contribution in [-0.4, -0.2) is 10.6 Å². The van der Waals surface area contributed by atoms with Crippen LogP contribution in [0.5, 0.6) is 5.88 Å². The Labute approximate surface area is 84.3 Å². The van der Waals surface area contributed by atoms with Crippen molar-refractivity contribution in [2.24, 2.45) is 0 Å². The molecule has 0 saturated heterocycles. The summed E-state index contributed by atoms with van der Waals surface area (Å²) in [7, 11) is 0. The van der Waals surface area contributed by atoms with E-state index in [2.05, 4.69) is 11.1 Å². The zero-order chi connectivity index (χ0) is 10.8. The Morgan fingerprint density at radius 1 is 1.36 bits per heavy atom. The van der Waals surface area contributed by atoms with E-state index < -0.39 is 0 Å². The second-order valence-electron chi connectivity index (χ2n) is 4.13. The molecule has 0 spiro atoms. The van der Waals surface area contributed by atoms with E-state index in [0.717, 1.165) is 5.69 Å². The zero-order valence-electron chi connectivity index (χ0n) is 8.96. The summed E-state index contributed by atoms with van der Waals surface area (Å²) < 4.78 is 5.57. The summed E-state index contributed by atoms with van der Waals surface area (Å²) in [4.78, 5) is 4.18. The van der Waals surface area contributed by atoms with Gasteiger partial charge in [0.1, 0.15) is 17.2 Å². The van der Waals surface area contributed by atoms with Crippen molar-refractivity contribution in [1.29, 1.82) is 5.26 Å². The molecule has 74 valence electrons. The van der Waals surface area contributed by atoms with Crippen LogP contribution >= 0.6 is 0 Å². The molecule has 0 saturated carbocycles. The lowest BCUT2D eigenvalue weighted by Crippen LogP contribution is -2.24. The van der Waals surface area contributed by atoms with Gasteiger partial charge < -0.3 is 4.74 Å². The molecule has 1 aromatic heterocycles. The van der Waals surface area contributed by atoms with Crippen LogP contribution in [0, 0.1) is 18.3 Å². The monoisotopic (exact) mass is 190 g/mol. The first-order valence-electron chi connectivity index (χ1n) is 4.49. The van der Waals surface area contributed by atoms with E-state index >= 15 is 0 Å². The number of ether oxygens (including phenoxy) is 1. The maximum Gasteiger partial charge on any atom is 0.232 e. The summed E-state index contributed by atoms with van der Waals surface area (Å²) in [5.41, 5.74) is 1.00. The second-order valence-corrected chi connectivity index (χ2v) is 4.13. The highest BCUT2D eigenvalue weighted by Gasteiger charge is 2.15. The molecular weight excluding hydrogens is 176 g/mol. The van der Waals surface area contributed by atoms with E-state index in [9.17, 15) is 0 Å². The highest BCUT2D eigenvalue weighted by atomic mass is 16.5. The summed E-state index contributed by atoms with van der Waals surface area (Å²) in [5.74, 6) is 0.417. The Morgan fingerprint density at radius 2 is 2.00 bits per heavy atom. The Bertz CT molecular complexity index is 372. The van der Waals surface area contributed by atoms with Crippen LogP contribution in [0.25, 0.3) is 0 Å². The predicted molar refractivity (Wildman–Crippen MR) is 54.1 cm³/mol. The van der Waals surface area contributed by atoms with Crippen molar-refractivity contribution in [3.8, 4) is 11.9 Å². The van der Waals surface area contributed by atoms with Crippen molar-refractivity contribution in [2.45, 2.75) is 33.3 Å². The first-order valence-corrected chi connectivity index (χ1v) is 4.49. The van der Waals surface area contributed by atoms with Gasteiger partial charge in [-0.15, -0.1) is 0 Å². The predicted octanol–water partition coefficient (Wildman–Crippen LogP) is 2.44. The van der Waals surface area contributed by atoms with E-state index in [-0.39, 0.29) is 5.60 Å². The third kappa shape index (κ3) is 2.74. The summed E-state index contributed by atoms with van der Waals surface area (Å²) in [6.45, 7) is 7.66. The molecule has 1 heterocycles. The average molecular weight is 190 g/mol. The van der Waals surface area contributed by atoms with Gasteiger partial charge in [-0.05, 0) is 39.8 Å². The van der Waals surface area contributed by atoms with Gasteiger partial charge in [0.2, 0.25) is 5.88 Å². The van der Waals surface area contributed by atoms with E-state index in [4.69, 9.17) is 10.00 Å². The Hall–Kier alpha value is -1.56. The molecule has 0 radical (unpaired) electrons. The summed E-state index contributed by atoms with van der Waals surface area (Å²) in [6.07, 6.45) is 0. The third-order valence-electron chi connectivity index (χ3n) is 1.52. The van der Waals surface area contributed by atoms with Gasteiger partial charge in [0.25, 0.3) is 0 Å². The summed E-state index contributed by atoms with van der Waals surface area (Å²) in [5, 5.41) is 8.84. The quantitative estimate of drug-likeness (QED) is 0.683. The molecule has 0 aliphatic heterocycles. The van der Waals surface area contributed by atoms with Gasteiger partial charge in [0, 0.05) is 5.69 Å². The topological polar surface area (TPSA) is 45.9 Å². The number of aryl methyl sites for hydroxylation is 1. The molecule has 0 N–H and O–H groups in total. The standard InChI is InChI=1S/C11H14N2O/c1-8-5-6-9(7-12)10(13-8)14-11(2,3)4/h5-6H,1-4H3. The SMILES string of the molecule is Cc1ccc(C#N)c(OC(C)(C)C)n1. The smallest absolute Gasteiger partial charge is 0.232 e. The van der Waals surface area contributed by atoms with Crippen molar-refractivity contribution in [1.82, 2.24) is 4.98 Å². The number of aromatic nitrogens is 1. The fourth-order valence-corrected chi connectivity index (χ4v) is 0.986. The maximum atomic E-state index is 8.84. The van der Waals surface area contributed by atoms with E-state index in [1.54, 1.807) is 12.1 Å². The normalized spacial score (nSPS) is 10.8. The van der Waals surface area contributed by atoms with Crippen LogP contribution < -0.4 is 4.74 Å². The number of rotatable bonds is 1. The van der Waals surface area contributed by atoms with Gasteiger partial charge in [0.05, 0.1) is 0 Å². The Morgan fingerprint density at radius 3 is 2.50 bits per heavy atom. The van der Waals surface area contributed by atoms with Crippen LogP contribution in [0.2, 0.25) is 0 Å². The van der Waals surface area contributed by atoms with Gasteiger partial charge >= 0.3 is 0 Å². The molecule has 3 nitrogen and oxygen atoms in total. The minimum atomic E-state index is -0.327. The number of hydrogen-bond acceptors (Lipinski definition) is 3. The second kappa shape index (κ2) is 3.67. The first kappa shape index (κ1) is 10.5. The third-order valence-corrected chi connectivity index (χ3v) is 1.52. The summed E-state index contributed by atoms with van der Waals surface area (Å²) >= 11 is 0. The molecular formula is C11H14N2O. The molecule has 0 aliphatic rings. The largest absolute Gasteiger partial charge is 0.471 e. The van der Waals surface area contributed by atoms with Gasteiger partial charge in [-0.3, -0.25) is 0 Å². The zero-order valence-corrected chi connectivity index (χ0v) is 8.96. The van der Waals surface area contributed by atoms with Crippen molar-refractivity contribution in [3.05, 3.63) is 23.4 Å². The molecule has 0 fully saturated rings. The Kier molecular flexibility index (Phi) is 2.76. The number of hydrogen-bond donors (Lipinski definition) is 0. The first-order chi connectivity index (χ1) is 6.42. The highest BCUT2D eigenvalue weighted by molar-refractivity contribution is 5.38. The lowest BCUT2D eigenvalue weighted by molar-refractivity contribution is 0.123. The van der Waals surface area contributed by atoms with Gasteiger partial charge in [-0.2, -0.15) is 5.26 Å². The van der Waals surface area contributed by atoms with E-state index in [1.165, 1.54) is 0 Å². The minimum Gasteiger partial charge on any atom is -0.471 e. The summed E-state index contributed by atoms with van der Waals surface area (Å²) in [6, 6.07) is 5.58. The van der Waals surface area contributed by atoms with Crippen molar-refractivity contribution >= 4 is 0 Å². The molecule has 0 aliphatic carbocycles. The van der Waals surface area contributed by atoms with Crippen LogP contribution in [0.1, 0.15) is 32.0 Å². The van der Waals surface area contributed by atoms with E-state index in [0.29, 0.717) is 11.4 Å². The Balaban J connectivity index is 3.07. The van der Waals surface area contributed by atoms with Gasteiger partial charge in [-0.1, -0.05) is 0 Å². The number of nitrogens with zero attached hydrogens (tertiary/aromatic N) is 2. The molecule has 0 unspecified atom stereocenters. The minimum absolute atomic E-state index is 0.327. The number of nitriles is 1. The van der Waals surface area contributed by atoms with Crippen molar-refractivity contribution in [2.75, 3.05) is 0 Å². The molecule has 1 aromatic rings. The maximum absolute atomic E-state index is 8.84. The average Bonchev–Trinajstić information content (AvgIpc) is 2.01. The molecule has 0 aromatic carbocycles. The van der Waals surface area contributed by atoms with Crippen LogP contribution in [-0.2, 0) is 0 Å². The highest BCUT2D eigenvalue weighted by Crippen LogP contribution is 2.20. The fourth-order valence-electron chi connectivity index (χ4n) is 0.986. The molecule has 14 heavy (non-hydrogen) atoms. The molecule has 0 bridgehead atoms. The lowest BCUT2D eigenvalue weighted by atomic mass is 10.2. The molecule has 1 rings (SSSR count). The number of pyridine rings is 1. The molecule has 0 atom stereocenters. The van der Waals surface area contributed by atoms with Crippen LogP contribution in [0.4, 0.5) is 0 Å². The van der Waals surface area contributed by atoms with Crippen LogP contribution in [0.3, 0.4) is 0 Å². The van der Waals surface area contributed by atoms with Crippen LogP contribution in [0.15, 0.2) is 12.1 Å². The van der Waals surface area contributed by atoms with Gasteiger partial charge in [0.15, 0.2) is 0 Å². The van der Waals surface area contributed by atoms with Crippen molar-refractivity contribution < 1.29 is 4.74 Å².